The Labute approximate surface area is 153 Å². The Morgan fingerprint density at radius 3 is 2.54 bits per heavy atom. The maximum absolute atomic E-state index is 12.5. The predicted molar refractivity (Wildman–Crippen MR) is 105 cm³/mol. The lowest BCUT2D eigenvalue weighted by atomic mass is 9.96. The number of aryl methyl sites for hydroxylation is 1. The maximum atomic E-state index is 12.5. The van der Waals surface area contributed by atoms with Crippen LogP contribution >= 0.6 is 0 Å². The van der Waals surface area contributed by atoms with Crippen molar-refractivity contribution in [2.45, 2.75) is 39.7 Å². The molecule has 0 radical (unpaired) electrons. The minimum absolute atomic E-state index is 0.275. The first-order valence-electron chi connectivity index (χ1n) is 9.50. The second kappa shape index (κ2) is 6.76. The van der Waals surface area contributed by atoms with E-state index in [2.05, 4.69) is 11.8 Å². The maximum Gasteiger partial charge on any atom is 0.344 e. The summed E-state index contributed by atoms with van der Waals surface area (Å²) < 4.78 is 5.71. The van der Waals surface area contributed by atoms with Gasteiger partial charge in [-0.3, -0.25) is 4.90 Å². The van der Waals surface area contributed by atoms with Gasteiger partial charge >= 0.3 is 5.63 Å². The van der Waals surface area contributed by atoms with Crippen molar-refractivity contribution in [1.82, 2.24) is 4.90 Å². The van der Waals surface area contributed by atoms with E-state index in [9.17, 15) is 9.90 Å². The Morgan fingerprint density at radius 1 is 1.15 bits per heavy atom. The van der Waals surface area contributed by atoms with Gasteiger partial charge in [-0.15, -0.1) is 0 Å². The van der Waals surface area contributed by atoms with Crippen molar-refractivity contribution < 1.29 is 9.52 Å². The van der Waals surface area contributed by atoms with Crippen LogP contribution in [0.3, 0.4) is 0 Å². The summed E-state index contributed by atoms with van der Waals surface area (Å²) in [7, 11) is 0. The molecule has 0 unspecified atom stereocenters. The molecule has 2 heterocycles. The van der Waals surface area contributed by atoms with Crippen LogP contribution in [0, 0.1) is 5.92 Å². The van der Waals surface area contributed by atoms with Crippen LogP contribution in [0.5, 0.6) is 5.75 Å². The number of phenolic OH excluding ortho intramolecular Hbond substituents is 1. The smallest absolute Gasteiger partial charge is 0.344 e. The van der Waals surface area contributed by atoms with E-state index in [0.29, 0.717) is 17.5 Å². The molecule has 136 valence electrons. The van der Waals surface area contributed by atoms with E-state index in [1.165, 1.54) is 12.8 Å². The van der Waals surface area contributed by atoms with Crippen LogP contribution in [0.1, 0.15) is 37.8 Å². The van der Waals surface area contributed by atoms with Crippen LogP contribution in [0.25, 0.3) is 21.7 Å². The SMILES string of the molecule is CCc1cc2c(oc(=O)c3ccccc32)c(CN2CCC(C)CC2)c1O. The molecule has 1 aromatic heterocycles. The number of hydrogen-bond acceptors (Lipinski definition) is 4. The zero-order chi connectivity index (χ0) is 18.3. The zero-order valence-electron chi connectivity index (χ0n) is 15.4. The molecule has 0 atom stereocenters. The number of piperidine rings is 1. The zero-order valence-corrected chi connectivity index (χ0v) is 15.4. The molecule has 4 heteroatoms. The minimum Gasteiger partial charge on any atom is -0.507 e. The highest BCUT2D eigenvalue weighted by molar-refractivity contribution is 6.06. The average molecular weight is 351 g/mol. The van der Waals surface area contributed by atoms with Crippen LogP contribution in [0.2, 0.25) is 0 Å². The molecule has 4 nitrogen and oxygen atoms in total. The van der Waals surface area contributed by atoms with Gasteiger partial charge in [0.1, 0.15) is 11.3 Å². The fourth-order valence-electron chi connectivity index (χ4n) is 3.99. The van der Waals surface area contributed by atoms with Crippen molar-refractivity contribution in [3.8, 4) is 5.75 Å². The number of aromatic hydroxyl groups is 1. The van der Waals surface area contributed by atoms with Gasteiger partial charge < -0.3 is 9.52 Å². The van der Waals surface area contributed by atoms with Gasteiger partial charge in [-0.25, -0.2) is 4.79 Å². The normalized spacial score (nSPS) is 16.5. The van der Waals surface area contributed by atoms with E-state index in [1.807, 2.05) is 31.2 Å². The van der Waals surface area contributed by atoms with Crippen molar-refractivity contribution in [3.05, 3.63) is 51.9 Å². The number of nitrogens with zero attached hydrogens (tertiary/aromatic N) is 1. The summed E-state index contributed by atoms with van der Waals surface area (Å²) in [6.45, 7) is 6.96. The van der Waals surface area contributed by atoms with Crippen molar-refractivity contribution in [3.63, 3.8) is 0 Å². The summed E-state index contributed by atoms with van der Waals surface area (Å²) in [6.07, 6.45) is 3.07. The Balaban J connectivity index is 1.92. The first kappa shape index (κ1) is 17.1. The van der Waals surface area contributed by atoms with Gasteiger partial charge in [-0.1, -0.05) is 32.0 Å². The molecule has 2 aromatic carbocycles. The van der Waals surface area contributed by atoms with Crippen molar-refractivity contribution in [1.29, 1.82) is 0 Å². The Hall–Kier alpha value is -2.33. The van der Waals surface area contributed by atoms with Crippen LogP contribution in [-0.2, 0) is 13.0 Å². The number of fused-ring (bicyclic) bond motifs is 3. The number of benzene rings is 2. The Bertz CT molecular complexity index is 1010. The van der Waals surface area contributed by atoms with Crippen LogP contribution < -0.4 is 5.63 Å². The molecule has 1 aliphatic rings. The van der Waals surface area contributed by atoms with E-state index in [1.54, 1.807) is 6.07 Å². The minimum atomic E-state index is -0.342. The second-order valence-corrected chi connectivity index (χ2v) is 7.49. The molecular formula is C22H25NO3. The number of phenols is 1. The lowest BCUT2D eigenvalue weighted by Gasteiger charge is -2.30. The van der Waals surface area contributed by atoms with E-state index in [4.69, 9.17) is 4.42 Å². The Morgan fingerprint density at radius 2 is 1.85 bits per heavy atom. The van der Waals surface area contributed by atoms with E-state index in [0.717, 1.165) is 47.3 Å². The second-order valence-electron chi connectivity index (χ2n) is 7.49. The van der Waals surface area contributed by atoms with Gasteiger partial charge in [0.2, 0.25) is 0 Å². The summed E-state index contributed by atoms with van der Waals surface area (Å²) in [4.78, 5) is 14.8. The third-order valence-electron chi connectivity index (χ3n) is 5.70. The summed E-state index contributed by atoms with van der Waals surface area (Å²) in [5.41, 5.74) is 1.83. The lowest BCUT2D eigenvalue weighted by Crippen LogP contribution is -2.32. The highest BCUT2D eigenvalue weighted by atomic mass is 16.4. The van der Waals surface area contributed by atoms with Gasteiger partial charge in [0.05, 0.1) is 10.9 Å². The highest BCUT2D eigenvalue weighted by Gasteiger charge is 2.22. The molecule has 1 N–H and O–H groups in total. The molecule has 3 aromatic rings. The predicted octanol–water partition coefficient (Wildman–Crippen LogP) is 4.45. The monoisotopic (exact) mass is 351 g/mol. The molecule has 4 rings (SSSR count). The Kier molecular flexibility index (Phi) is 4.45. The first-order chi connectivity index (χ1) is 12.6. The number of likely N-dealkylation sites (tertiary alicyclic amines) is 1. The summed E-state index contributed by atoms with van der Waals surface area (Å²) in [6, 6.07) is 9.51. The number of rotatable bonds is 3. The fraction of sp³-hybridized carbons (Fsp3) is 0.409. The van der Waals surface area contributed by atoms with E-state index >= 15 is 0 Å². The van der Waals surface area contributed by atoms with Gasteiger partial charge in [0, 0.05) is 11.9 Å². The standard InChI is InChI=1S/C22H25NO3/c1-3-15-12-18-16-6-4-5-7-17(16)22(25)26-21(18)19(20(15)24)13-23-10-8-14(2)9-11-23/h4-7,12,14,24H,3,8-11,13H2,1-2H3. The molecule has 0 amide bonds. The molecule has 0 saturated carbocycles. The van der Waals surface area contributed by atoms with Gasteiger partial charge in [-0.05, 0) is 61.4 Å². The molecule has 1 saturated heterocycles. The average Bonchev–Trinajstić information content (AvgIpc) is 2.66. The van der Waals surface area contributed by atoms with Crippen molar-refractivity contribution in [2.75, 3.05) is 13.1 Å². The number of hydrogen-bond donors (Lipinski definition) is 1. The van der Waals surface area contributed by atoms with Crippen LogP contribution in [0.15, 0.2) is 39.5 Å². The van der Waals surface area contributed by atoms with Gasteiger partial charge in [0.25, 0.3) is 0 Å². The summed E-state index contributed by atoms with van der Waals surface area (Å²) in [5.74, 6) is 1.03. The molecule has 0 spiro atoms. The first-order valence-corrected chi connectivity index (χ1v) is 9.50. The topological polar surface area (TPSA) is 53.7 Å². The third-order valence-corrected chi connectivity index (χ3v) is 5.70. The van der Waals surface area contributed by atoms with Crippen LogP contribution in [0.4, 0.5) is 0 Å². The van der Waals surface area contributed by atoms with E-state index < -0.39 is 0 Å². The van der Waals surface area contributed by atoms with Crippen molar-refractivity contribution >= 4 is 21.7 Å². The molecular weight excluding hydrogens is 326 g/mol. The van der Waals surface area contributed by atoms with Gasteiger partial charge in [-0.2, -0.15) is 0 Å². The van der Waals surface area contributed by atoms with Gasteiger partial charge in [0.15, 0.2) is 0 Å². The van der Waals surface area contributed by atoms with Crippen LogP contribution in [-0.4, -0.2) is 23.1 Å². The lowest BCUT2D eigenvalue weighted by molar-refractivity contribution is 0.183. The summed E-state index contributed by atoms with van der Waals surface area (Å²) in [5, 5.41) is 13.2. The van der Waals surface area contributed by atoms with E-state index in [-0.39, 0.29) is 11.4 Å². The molecule has 0 aliphatic carbocycles. The quantitative estimate of drug-likeness (QED) is 0.560. The largest absolute Gasteiger partial charge is 0.507 e. The summed E-state index contributed by atoms with van der Waals surface area (Å²) >= 11 is 0. The molecule has 0 bridgehead atoms. The van der Waals surface area contributed by atoms with Crippen molar-refractivity contribution in [2.24, 2.45) is 5.92 Å². The molecule has 26 heavy (non-hydrogen) atoms. The highest BCUT2D eigenvalue weighted by Crippen LogP contribution is 2.35. The fourth-order valence-corrected chi connectivity index (χ4v) is 3.99. The molecule has 1 aliphatic heterocycles. The molecule has 1 fully saturated rings. The third kappa shape index (κ3) is 2.88.